The Balaban J connectivity index is 2.38. The number of hydrogen-bond acceptors (Lipinski definition) is 6. The maximum absolute atomic E-state index is 13.4. The lowest BCUT2D eigenvalue weighted by molar-refractivity contribution is -0.00871. The molecule has 0 saturated heterocycles. The Morgan fingerprint density at radius 1 is 0.906 bits per heavy atom. The number of ketones is 1. The van der Waals surface area contributed by atoms with Gasteiger partial charge in [0.05, 0.1) is 0 Å². The van der Waals surface area contributed by atoms with Crippen LogP contribution in [-0.4, -0.2) is 80.1 Å². The Morgan fingerprint density at radius 2 is 1.38 bits per heavy atom. The normalized spacial score (nSPS) is 12.5. The Hall–Kier alpha value is -2.49. The van der Waals surface area contributed by atoms with E-state index in [4.69, 9.17) is 4.74 Å². The monoisotopic (exact) mass is 475 g/mol. The fourth-order valence-electron chi connectivity index (χ4n) is 3.01. The third-order valence-electron chi connectivity index (χ3n) is 4.69. The summed E-state index contributed by atoms with van der Waals surface area (Å²) in [5.41, 5.74) is -1.40. The van der Waals surface area contributed by atoms with Crippen molar-refractivity contribution < 1.29 is 19.4 Å². The molecule has 1 atom stereocenters. The van der Waals surface area contributed by atoms with Gasteiger partial charge in [0.25, 0.3) is 0 Å². The number of amides is 1. The minimum atomic E-state index is -2.06. The van der Waals surface area contributed by atoms with E-state index in [9.17, 15) is 14.7 Å². The van der Waals surface area contributed by atoms with Crippen LogP contribution in [0.5, 0.6) is 0 Å². The van der Waals surface area contributed by atoms with E-state index in [1.54, 1.807) is 85.8 Å². The highest BCUT2D eigenvalue weighted by molar-refractivity contribution is 7.98. The maximum Gasteiger partial charge on any atom is 0.436 e. The molecule has 172 valence electrons. The molecule has 0 aromatic heterocycles. The molecule has 7 nitrogen and oxygen atoms in total. The second kappa shape index (κ2) is 11.4. The van der Waals surface area contributed by atoms with Gasteiger partial charge in [0, 0.05) is 43.5 Å². The van der Waals surface area contributed by atoms with Crippen LogP contribution in [0.1, 0.15) is 15.9 Å². The third kappa shape index (κ3) is 6.27. The first-order valence-corrected chi connectivity index (χ1v) is 12.2. The zero-order valence-corrected chi connectivity index (χ0v) is 20.8. The Morgan fingerprint density at radius 3 is 1.81 bits per heavy atom. The first-order chi connectivity index (χ1) is 15.1. The molecule has 0 saturated carbocycles. The molecule has 0 fully saturated rings. The van der Waals surface area contributed by atoms with Gasteiger partial charge in [-0.3, -0.25) is 4.79 Å². The fraction of sp³-hybridized carbons (Fsp3) is 0.348. The van der Waals surface area contributed by atoms with E-state index >= 15 is 0 Å². The number of nitrogens with zero attached hydrogens (tertiary/aromatic N) is 3. The van der Waals surface area contributed by atoms with Crippen molar-refractivity contribution in [2.45, 2.75) is 15.4 Å². The highest BCUT2D eigenvalue weighted by Gasteiger charge is 2.40. The van der Waals surface area contributed by atoms with Gasteiger partial charge in [-0.25, -0.2) is 4.79 Å². The predicted molar refractivity (Wildman–Crippen MR) is 131 cm³/mol. The fourth-order valence-corrected chi connectivity index (χ4v) is 3.82. The smallest absolute Gasteiger partial charge is 0.436 e. The molecule has 1 unspecified atom stereocenters. The molecule has 9 heteroatoms. The first kappa shape index (κ1) is 25.8. The zero-order chi connectivity index (χ0) is 23.9. The summed E-state index contributed by atoms with van der Waals surface area (Å²) < 4.78 is 5.28. The van der Waals surface area contributed by atoms with Crippen LogP contribution in [0.25, 0.3) is 0 Å². The standard InChI is InChI=1S/C23H29N3O4S2/c1-25(2)21(26(3)4)24-22(28)30-15-23(29,17-9-13-19(32-6)14-10-17)20(27)16-7-11-18(31-5)12-8-16/h7-14,29H,15H2,1-6H3. The largest absolute Gasteiger partial charge is 0.444 e. The van der Waals surface area contributed by atoms with Crippen molar-refractivity contribution in [2.75, 3.05) is 47.3 Å². The van der Waals surface area contributed by atoms with Crippen molar-refractivity contribution >= 4 is 41.4 Å². The molecule has 0 spiro atoms. The number of hydrogen-bond donors (Lipinski definition) is 1. The summed E-state index contributed by atoms with van der Waals surface area (Å²) in [4.78, 5) is 35.0. The van der Waals surface area contributed by atoms with Crippen LogP contribution < -0.4 is 0 Å². The van der Waals surface area contributed by atoms with Gasteiger partial charge in [-0.1, -0.05) is 24.3 Å². The van der Waals surface area contributed by atoms with Crippen LogP contribution in [0.2, 0.25) is 0 Å². The zero-order valence-electron chi connectivity index (χ0n) is 19.2. The van der Waals surface area contributed by atoms with Gasteiger partial charge in [0.1, 0.15) is 6.61 Å². The summed E-state index contributed by atoms with van der Waals surface area (Å²) in [7, 11) is 6.99. The Bertz CT molecular complexity index is 950. The summed E-state index contributed by atoms with van der Waals surface area (Å²) in [6.07, 6.45) is 2.98. The van der Waals surface area contributed by atoms with Crippen molar-refractivity contribution in [1.29, 1.82) is 0 Å². The second-order valence-electron chi connectivity index (χ2n) is 7.40. The van der Waals surface area contributed by atoms with Gasteiger partial charge in [-0.05, 0) is 42.3 Å². The highest BCUT2D eigenvalue weighted by Crippen LogP contribution is 2.29. The minimum absolute atomic E-state index is 0.320. The van der Waals surface area contributed by atoms with Crippen molar-refractivity contribution in [3.05, 3.63) is 59.7 Å². The molecule has 2 aromatic carbocycles. The van der Waals surface area contributed by atoms with Crippen LogP contribution in [0.3, 0.4) is 0 Å². The minimum Gasteiger partial charge on any atom is -0.444 e. The molecule has 0 aliphatic rings. The average molecular weight is 476 g/mol. The number of Topliss-reactive ketones (excluding diaryl/α,β-unsaturated/α-hetero) is 1. The Labute approximate surface area is 197 Å². The Kier molecular flexibility index (Phi) is 9.18. The SMILES string of the molecule is CSc1ccc(C(=O)C(O)(COC(=O)N=C(N(C)C)N(C)C)c2ccc(SC)cc2)cc1. The van der Waals surface area contributed by atoms with Crippen LogP contribution in [0.4, 0.5) is 4.79 Å². The van der Waals surface area contributed by atoms with Gasteiger partial charge in [0.15, 0.2) is 5.60 Å². The van der Waals surface area contributed by atoms with E-state index in [0.717, 1.165) is 9.79 Å². The summed E-state index contributed by atoms with van der Waals surface area (Å²) in [5.74, 6) is -0.180. The van der Waals surface area contributed by atoms with Crippen LogP contribution in [0.15, 0.2) is 63.3 Å². The van der Waals surface area contributed by atoms with Crippen LogP contribution >= 0.6 is 23.5 Å². The molecular formula is C23H29N3O4S2. The summed E-state index contributed by atoms with van der Waals surface area (Å²) >= 11 is 3.10. The molecule has 0 heterocycles. The topological polar surface area (TPSA) is 82.4 Å². The number of ether oxygens (including phenoxy) is 1. The highest BCUT2D eigenvalue weighted by atomic mass is 32.2. The molecule has 32 heavy (non-hydrogen) atoms. The van der Waals surface area contributed by atoms with Crippen LogP contribution in [0, 0.1) is 0 Å². The van der Waals surface area contributed by atoms with Crippen molar-refractivity contribution in [3.8, 4) is 0 Å². The molecule has 1 N–H and O–H groups in total. The quantitative estimate of drug-likeness (QED) is 0.280. The van der Waals surface area contributed by atoms with Gasteiger partial charge in [-0.15, -0.1) is 28.5 Å². The predicted octanol–water partition coefficient (Wildman–Crippen LogP) is 3.82. The molecule has 0 aliphatic heterocycles. The van der Waals surface area contributed by atoms with Crippen molar-refractivity contribution in [3.63, 3.8) is 0 Å². The lowest BCUT2D eigenvalue weighted by atomic mass is 9.86. The number of aliphatic hydroxyl groups is 1. The van der Waals surface area contributed by atoms with E-state index in [-0.39, 0.29) is 0 Å². The second-order valence-corrected chi connectivity index (χ2v) is 9.16. The van der Waals surface area contributed by atoms with Crippen molar-refractivity contribution in [2.24, 2.45) is 4.99 Å². The molecule has 2 aromatic rings. The molecular weight excluding hydrogens is 446 g/mol. The van der Waals surface area contributed by atoms with Gasteiger partial charge in [0.2, 0.25) is 11.7 Å². The summed E-state index contributed by atoms with van der Waals surface area (Å²) in [6, 6.07) is 13.9. The lowest BCUT2D eigenvalue weighted by Gasteiger charge is -2.27. The first-order valence-electron chi connectivity index (χ1n) is 9.78. The maximum atomic E-state index is 13.4. The van der Waals surface area contributed by atoms with E-state index in [1.165, 1.54) is 0 Å². The number of guanidine groups is 1. The molecule has 0 radical (unpaired) electrons. The van der Waals surface area contributed by atoms with E-state index in [2.05, 4.69) is 4.99 Å². The lowest BCUT2D eigenvalue weighted by Crippen LogP contribution is -2.41. The van der Waals surface area contributed by atoms with E-state index in [0.29, 0.717) is 17.1 Å². The number of thioether (sulfide) groups is 2. The summed E-state index contributed by atoms with van der Waals surface area (Å²) in [6.45, 7) is -0.564. The molecule has 2 rings (SSSR count). The van der Waals surface area contributed by atoms with Crippen LogP contribution in [-0.2, 0) is 10.3 Å². The van der Waals surface area contributed by atoms with Crippen molar-refractivity contribution in [1.82, 2.24) is 9.80 Å². The number of rotatable bonds is 7. The van der Waals surface area contributed by atoms with E-state index < -0.39 is 24.1 Å². The van der Waals surface area contributed by atoms with E-state index in [1.807, 2.05) is 36.8 Å². The molecule has 1 amide bonds. The average Bonchev–Trinajstić information content (AvgIpc) is 2.80. The third-order valence-corrected chi connectivity index (χ3v) is 6.18. The van der Waals surface area contributed by atoms with Gasteiger partial charge in [-0.2, -0.15) is 0 Å². The molecule has 0 bridgehead atoms. The number of carbonyl (C=O) groups is 2. The van der Waals surface area contributed by atoms with Gasteiger partial charge < -0.3 is 19.6 Å². The molecule has 0 aliphatic carbocycles. The number of carbonyl (C=O) groups excluding carboxylic acids is 2. The number of benzene rings is 2. The van der Waals surface area contributed by atoms with Gasteiger partial charge >= 0.3 is 6.09 Å². The number of aliphatic imine (C=N–C) groups is 1. The summed E-state index contributed by atoms with van der Waals surface area (Å²) in [5, 5.41) is 11.5.